The molecule has 226 valence electrons. The fourth-order valence-corrected chi connectivity index (χ4v) is 7.17. The number of piperidine rings is 1. The number of hydrogen-bond donors (Lipinski definition) is 1. The number of para-hydroxylation sites is 1. The van der Waals surface area contributed by atoms with E-state index in [0.717, 1.165) is 17.7 Å². The maximum absolute atomic E-state index is 13.5. The van der Waals surface area contributed by atoms with Crippen molar-refractivity contribution in [3.8, 4) is 5.75 Å². The molecule has 4 amide bonds. The minimum absolute atomic E-state index is 0.00647. The van der Waals surface area contributed by atoms with Crippen LogP contribution in [0.4, 0.5) is 23.7 Å². The van der Waals surface area contributed by atoms with Crippen LogP contribution < -0.4 is 10.1 Å². The number of carbonyl (C=O) groups excluding carboxylic acids is 3. The van der Waals surface area contributed by atoms with E-state index in [4.69, 9.17) is 0 Å². The molecule has 2 aromatic carbocycles. The summed E-state index contributed by atoms with van der Waals surface area (Å²) in [6.45, 7) is 6.01. The van der Waals surface area contributed by atoms with Gasteiger partial charge in [0.15, 0.2) is 0 Å². The van der Waals surface area contributed by atoms with Crippen LogP contribution in [0.1, 0.15) is 56.0 Å². The van der Waals surface area contributed by atoms with E-state index in [0.29, 0.717) is 50.5 Å². The summed E-state index contributed by atoms with van der Waals surface area (Å²) in [6, 6.07) is 13.3. The van der Waals surface area contributed by atoms with Gasteiger partial charge in [-0.1, -0.05) is 44.2 Å². The molecular weight excluding hydrogens is 569 g/mol. The number of carbonyl (C=O) groups is 3. The van der Waals surface area contributed by atoms with Gasteiger partial charge >= 0.3 is 12.4 Å². The minimum atomic E-state index is -4.82. The highest BCUT2D eigenvalue weighted by molar-refractivity contribution is 8.01. The largest absolute Gasteiger partial charge is 0.573 e. The van der Waals surface area contributed by atoms with E-state index in [2.05, 4.69) is 10.1 Å². The molecule has 1 N–H and O–H groups in total. The summed E-state index contributed by atoms with van der Waals surface area (Å²) < 4.78 is 42.6. The first-order valence-corrected chi connectivity index (χ1v) is 15.2. The molecule has 5 rings (SSSR count). The van der Waals surface area contributed by atoms with Gasteiger partial charge in [-0.25, -0.2) is 4.79 Å². The lowest BCUT2D eigenvalue weighted by Gasteiger charge is -2.40. The predicted octanol–water partition coefficient (Wildman–Crippen LogP) is 6.00. The van der Waals surface area contributed by atoms with Crippen LogP contribution >= 0.6 is 11.8 Å². The molecule has 0 spiro atoms. The SMILES string of the molecule is CC(C)CCN1C(=O)C(CC(=O)N2CCC(N3Cc4ccccc4NC3=O)CC2)SC1c1cccc(OC(F)(F)F)c1. The minimum Gasteiger partial charge on any atom is -0.406 e. The van der Waals surface area contributed by atoms with E-state index < -0.39 is 17.0 Å². The summed E-state index contributed by atoms with van der Waals surface area (Å²) in [5.41, 5.74) is 2.40. The molecule has 8 nitrogen and oxygen atoms in total. The molecule has 3 aliphatic rings. The Morgan fingerprint density at radius 3 is 2.55 bits per heavy atom. The number of benzene rings is 2. The van der Waals surface area contributed by atoms with E-state index in [9.17, 15) is 27.6 Å². The average molecular weight is 605 g/mol. The van der Waals surface area contributed by atoms with Gasteiger partial charge in [0.2, 0.25) is 11.8 Å². The molecule has 42 heavy (non-hydrogen) atoms. The van der Waals surface area contributed by atoms with E-state index in [1.165, 1.54) is 30.0 Å². The first-order valence-electron chi connectivity index (χ1n) is 14.2. The molecule has 0 radical (unpaired) electrons. The van der Waals surface area contributed by atoms with Crippen molar-refractivity contribution in [3.63, 3.8) is 0 Å². The molecule has 0 aliphatic carbocycles. The van der Waals surface area contributed by atoms with Crippen molar-refractivity contribution < 1.29 is 32.3 Å². The van der Waals surface area contributed by atoms with E-state index >= 15 is 0 Å². The van der Waals surface area contributed by atoms with E-state index in [1.807, 2.05) is 43.0 Å². The monoisotopic (exact) mass is 604 g/mol. The fourth-order valence-electron chi connectivity index (χ4n) is 5.70. The van der Waals surface area contributed by atoms with Crippen LogP contribution in [0.15, 0.2) is 48.5 Å². The highest BCUT2D eigenvalue weighted by Gasteiger charge is 2.43. The number of nitrogens with zero attached hydrogens (tertiary/aromatic N) is 3. The molecule has 2 atom stereocenters. The summed E-state index contributed by atoms with van der Waals surface area (Å²) in [4.78, 5) is 44.8. The molecule has 2 fully saturated rings. The van der Waals surface area contributed by atoms with Gasteiger partial charge in [-0.2, -0.15) is 0 Å². The number of nitrogens with one attached hydrogen (secondary N) is 1. The standard InChI is InChI=1S/C30H35F3N4O4S/c1-19(2)10-15-36-27(39)25(42-28(36)20-7-5-8-23(16-20)41-30(31,32)33)17-26(38)35-13-11-22(12-14-35)37-18-21-6-3-4-9-24(21)34-29(37)40/h3-9,16,19,22,25,28H,10-15,17-18H2,1-2H3,(H,34,40). The van der Waals surface area contributed by atoms with Gasteiger partial charge in [0.05, 0.1) is 5.25 Å². The van der Waals surface area contributed by atoms with Gasteiger partial charge in [-0.15, -0.1) is 24.9 Å². The van der Waals surface area contributed by atoms with Crippen LogP contribution in [0.5, 0.6) is 5.75 Å². The molecule has 3 aliphatic heterocycles. The average Bonchev–Trinajstić information content (AvgIpc) is 3.25. The topological polar surface area (TPSA) is 82.2 Å². The molecule has 3 heterocycles. The molecule has 12 heteroatoms. The van der Waals surface area contributed by atoms with Crippen molar-refractivity contribution in [2.75, 3.05) is 25.0 Å². The Bertz CT molecular complexity index is 1320. The molecule has 0 aromatic heterocycles. The second-order valence-corrected chi connectivity index (χ2v) is 12.6. The molecular formula is C30H35F3N4O4S. The summed E-state index contributed by atoms with van der Waals surface area (Å²) in [7, 11) is 0. The highest BCUT2D eigenvalue weighted by Crippen LogP contribution is 2.45. The smallest absolute Gasteiger partial charge is 0.406 e. The van der Waals surface area contributed by atoms with Gasteiger partial charge in [0, 0.05) is 44.3 Å². The highest BCUT2D eigenvalue weighted by atomic mass is 32.2. The molecule has 2 aromatic rings. The van der Waals surface area contributed by atoms with Crippen LogP contribution in [0, 0.1) is 5.92 Å². The zero-order chi connectivity index (χ0) is 30.0. The second-order valence-electron chi connectivity index (χ2n) is 11.3. The zero-order valence-corrected chi connectivity index (χ0v) is 24.4. The van der Waals surface area contributed by atoms with Crippen molar-refractivity contribution in [1.29, 1.82) is 0 Å². The number of fused-ring (bicyclic) bond motifs is 1. The number of rotatable bonds is 8. The Balaban J connectivity index is 1.22. The normalized spacial score (nSPS) is 21.5. The number of thioether (sulfide) groups is 1. The number of urea groups is 1. The number of amides is 4. The first kappa shape index (κ1) is 30.1. The van der Waals surface area contributed by atoms with Gasteiger partial charge < -0.3 is 24.8 Å². The summed E-state index contributed by atoms with van der Waals surface area (Å²) in [5, 5.41) is 1.79. The van der Waals surface area contributed by atoms with Gasteiger partial charge in [0.1, 0.15) is 11.1 Å². The van der Waals surface area contributed by atoms with Crippen molar-refractivity contribution in [3.05, 3.63) is 59.7 Å². The Morgan fingerprint density at radius 1 is 1.10 bits per heavy atom. The predicted molar refractivity (Wildman–Crippen MR) is 154 cm³/mol. The van der Waals surface area contributed by atoms with Crippen LogP contribution in [-0.2, 0) is 16.1 Å². The third-order valence-electron chi connectivity index (χ3n) is 7.94. The number of likely N-dealkylation sites (tertiary alicyclic amines) is 1. The Kier molecular flexibility index (Phi) is 8.91. The number of anilines is 1. The van der Waals surface area contributed by atoms with E-state index in [-0.39, 0.29) is 36.1 Å². The number of halogens is 3. The van der Waals surface area contributed by atoms with Crippen LogP contribution in [0.2, 0.25) is 0 Å². The number of hydrogen-bond acceptors (Lipinski definition) is 5. The van der Waals surface area contributed by atoms with Crippen LogP contribution in [0.25, 0.3) is 0 Å². The summed E-state index contributed by atoms with van der Waals surface area (Å²) in [5.74, 6) is -0.336. The Labute approximate surface area is 247 Å². The Hall–Kier alpha value is -3.41. The van der Waals surface area contributed by atoms with Crippen LogP contribution in [0.3, 0.4) is 0 Å². The molecule has 2 unspecified atom stereocenters. The maximum atomic E-state index is 13.5. The van der Waals surface area contributed by atoms with E-state index in [1.54, 1.807) is 15.9 Å². The van der Waals surface area contributed by atoms with Crippen LogP contribution in [-0.4, -0.2) is 69.8 Å². The fraction of sp³-hybridized carbons (Fsp3) is 0.500. The third kappa shape index (κ3) is 6.96. The lowest BCUT2D eigenvalue weighted by molar-refractivity contribution is -0.274. The van der Waals surface area contributed by atoms with Crippen molar-refractivity contribution in [2.24, 2.45) is 5.92 Å². The third-order valence-corrected chi connectivity index (χ3v) is 9.42. The van der Waals surface area contributed by atoms with Gasteiger partial charge in [-0.05, 0) is 54.5 Å². The summed E-state index contributed by atoms with van der Waals surface area (Å²) in [6.07, 6.45) is -2.80. The zero-order valence-electron chi connectivity index (χ0n) is 23.6. The number of alkyl halides is 3. The molecule has 0 bridgehead atoms. The van der Waals surface area contributed by atoms with Gasteiger partial charge in [-0.3, -0.25) is 9.59 Å². The lowest BCUT2D eigenvalue weighted by atomic mass is 10.0. The number of ether oxygens (including phenoxy) is 1. The Morgan fingerprint density at radius 2 is 1.83 bits per heavy atom. The second kappa shape index (κ2) is 12.4. The van der Waals surface area contributed by atoms with Crippen molar-refractivity contribution >= 4 is 35.3 Å². The first-order chi connectivity index (χ1) is 20.0. The molecule has 0 saturated carbocycles. The van der Waals surface area contributed by atoms with Gasteiger partial charge in [0.25, 0.3) is 0 Å². The maximum Gasteiger partial charge on any atom is 0.573 e. The van der Waals surface area contributed by atoms with Crippen molar-refractivity contribution in [2.45, 2.75) is 69.1 Å². The molecule has 2 saturated heterocycles. The quantitative estimate of drug-likeness (QED) is 0.400. The van der Waals surface area contributed by atoms with Crippen molar-refractivity contribution in [1.82, 2.24) is 14.7 Å². The summed E-state index contributed by atoms with van der Waals surface area (Å²) >= 11 is 1.30. The lowest BCUT2D eigenvalue weighted by Crippen LogP contribution is -2.51.